The number of hydrogen-bond acceptors (Lipinski definition) is 0. The summed E-state index contributed by atoms with van der Waals surface area (Å²) < 4.78 is 2.37. The maximum atomic E-state index is 2.37. The molecule has 1 heteroatoms. The van der Waals surface area contributed by atoms with Crippen molar-refractivity contribution in [2.75, 3.05) is 0 Å². The minimum absolute atomic E-state index is 0.921. The Labute approximate surface area is 114 Å². The third-order valence-corrected chi connectivity index (χ3v) is 3.45. The van der Waals surface area contributed by atoms with E-state index in [2.05, 4.69) is 84.3 Å². The average Bonchev–Trinajstić information content (AvgIpc) is 2.82. The van der Waals surface area contributed by atoms with E-state index in [-0.39, 0.29) is 0 Å². The molecule has 0 saturated heterocycles. The average molecular weight is 247 g/mol. The lowest BCUT2D eigenvalue weighted by atomic mass is 10.1. The Morgan fingerprint density at radius 1 is 0.737 bits per heavy atom. The van der Waals surface area contributed by atoms with Crippen molar-refractivity contribution in [3.05, 3.63) is 84.1 Å². The van der Waals surface area contributed by atoms with E-state index in [1.54, 1.807) is 0 Å². The smallest absolute Gasteiger partial charge is 0.0485 e. The molecule has 94 valence electrons. The molecule has 1 heterocycles. The van der Waals surface area contributed by atoms with E-state index >= 15 is 0 Å². The van der Waals surface area contributed by atoms with Crippen LogP contribution in [0.4, 0.5) is 0 Å². The van der Waals surface area contributed by atoms with E-state index in [4.69, 9.17) is 0 Å². The maximum Gasteiger partial charge on any atom is 0.0485 e. The van der Waals surface area contributed by atoms with Crippen LogP contribution in [0.3, 0.4) is 0 Å². The molecule has 0 amide bonds. The van der Waals surface area contributed by atoms with Crippen molar-refractivity contribution < 1.29 is 0 Å². The van der Waals surface area contributed by atoms with Gasteiger partial charge in [-0.25, -0.2) is 0 Å². The van der Waals surface area contributed by atoms with Gasteiger partial charge in [-0.2, -0.15) is 0 Å². The van der Waals surface area contributed by atoms with Crippen molar-refractivity contribution in [2.24, 2.45) is 0 Å². The number of rotatable bonds is 3. The van der Waals surface area contributed by atoms with Gasteiger partial charge in [-0.15, -0.1) is 0 Å². The van der Waals surface area contributed by atoms with Crippen molar-refractivity contribution in [2.45, 2.75) is 13.5 Å². The van der Waals surface area contributed by atoms with Gasteiger partial charge in [0.05, 0.1) is 0 Å². The standard InChI is InChI=1S/C18H17N/c1-15-12-13-18(17-10-6-3-7-11-17)19(15)14-16-8-4-2-5-9-16/h2-13H,14H2,1H3. The van der Waals surface area contributed by atoms with Crippen LogP contribution in [0.25, 0.3) is 11.3 Å². The topological polar surface area (TPSA) is 4.93 Å². The van der Waals surface area contributed by atoms with Crippen molar-refractivity contribution in [1.82, 2.24) is 4.57 Å². The summed E-state index contributed by atoms with van der Waals surface area (Å²) in [7, 11) is 0. The van der Waals surface area contributed by atoms with Gasteiger partial charge in [-0.3, -0.25) is 0 Å². The van der Waals surface area contributed by atoms with Crippen LogP contribution in [0.5, 0.6) is 0 Å². The summed E-state index contributed by atoms with van der Waals surface area (Å²) in [5.41, 5.74) is 5.18. The Balaban J connectivity index is 2.00. The van der Waals surface area contributed by atoms with Gasteiger partial charge in [0.2, 0.25) is 0 Å². The highest BCUT2D eigenvalue weighted by Gasteiger charge is 2.07. The van der Waals surface area contributed by atoms with Crippen LogP contribution in [0, 0.1) is 6.92 Å². The van der Waals surface area contributed by atoms with Gasteiger partial charge in [0.25, 0.3) is 0 Å². The summed E-state index contributed by atoms with van der Waals surface area (Å²) in [6, 6.07) is 25.5. The summed E-state index contributed by atoms with van der Waals surface area (Å²) in [5.74, 6) is 0. The van der Waals surface area contributed by atoms with Gasteiger partial charge in [0.1, 0.15) is 0 Å². The predicted octanol–water partition coefficient (Wildman–Crippen LogP) is 4.51. The van der Waals surface area contributed by atoms with Crippen LogP contribution >= 0.6 is 0 Å². The van der Waals surface area contributed by atoms with Crippen molar-refractivity contribution in [3.8, 4) is 11.3 Å². The van der Waals surface area contributed by atoms with Gasteiger partial charge in [-0.05, 0) is 30.2 Å². The zero-order valence-corrected chi connectivity index (χ0v) is 11.1. The van der Waals surface area contributed by atoms with E-state index < -0.39 is 0 Å². The Bertz CT molecular complexity index is 651. The summed E-state index contributed by atoms with van der Waals surface area (Å²) in [5, 5.41) is 0. The van der Waals surface area contributed by atoms with Gasteiger partial charge in [0, 0.05) is 17.9 Å². The molecule has 1 nitrogen and oxygen atoms in total. The lowest BCUT2D eigenvalue weighted by molar-refractivity contribution is 0.784. The normalized spacial score (nSPS) is 10.6. The molecule has 0 unspecified atom stereocenters. The molecular weight excluding hydrogens is 230 g/mol. The molecule has 2 aromatic carbocycles. The highest BCUT2D eigenvalue weighted by molar-refractivity contribution is 5.60. The first-order valence-corrected chi connectivity index (χ1v) is 6.60. The molecule has 0 aliphatic carbocycles. The number of nitrogens with zero attached hydrogens (tertiary/aromatic N) is 1. The molecule has 1 aromatic heterocycles. The molecule has 0 spiro atoms. The van der Waals surface area contributed by atoms with Crippen molar-refractivity contribution in [3.63, 3.8) is 0 Å². The molecule has 0 aliphatic rings. The molecule has 0 radical (unpaired) electrons. The molecule has 0 aliphatic heterocycles. The lowest BCUT2D eigenvalue weighted by Crippen LogP contribution is -2.03. The fourth-order valence-corrected chi connectivity index (χ4v) is 2.41. The third kappa shape index (κ3) is 2.45. The maximum absolute atomic E-state index is 2.37. The Hall–Kier alpha value is -2.28. The minimum atomic E-state index is 0.921. The Morgan fingerprint density at radius 2 is 1.37 bits per heavy atom. The second kappa shape index (κ2) is 5.15. The first kappa shape index (κ1) is 11.8. The number of hydrogen-bond donors (Lipinski definition) is 0. The summed E-state index contributed by atoms with van der Waals surface area (Å²) in [4.78, 5) is 0. The van der Waals surface area contributed by atoms with Crippen LogP contribution in [0.1, 0.15) is 11.3 Å². The first-order valence-electron chi connectivity index (χ1n) is 6.60. The Kier molecular flexibility index (Phi) is 3.20. The second-order valence-corrected chi connectivity index (χ2v) is 4.80. The number of aromatic nitrogens is 1. The predicted molar refractivity (Wildman–Crippen MR) is 80.1 cm³/mol. The Morgan fingerprint density at radius 3 is 2.05 bits per heavy atom. The summed E-state index contributed by atoms with van der Waals surface area (Å²) in [6.07, 6.45) is 0. The van der Waals surface area contributed by atoms with Crippen LogP contribution < -0.4 is 0 Å². The minimum Gasteiger partial charge on any atom is -0.340 e. The molecular formula is C18H17N. The van der Waals surface area contributed by atoms with Gasteiger partial charge in [0.15, 0.2) is 0 Å². The highest BCUT2D eigenvalue weighted by Crippen LogP contribution is 2.23. The summed E-state index contributed by atoms with van der Waals surface area (Å²) >= 11 is 0. The van der Waals surface area contributed by atoms with Crippen LogP contribution in [-0.4, -0.2) is 4.57 Å². The van der Waals surface area contributed by atoms with Crippen LogP contribution in [-0.2, 0) is 6.54 Å². The zero-order chi connectivity index (χ0) is 13.1. The quantitative estimate of drug-likeness (QED) is 0.641. The van der Waals surface area contributed by atoms with Crippen molar-refractivity contribution >= 4 is 0 Å². The van der Waals surface area contributed by atoms with Gasteiger partial charge >= 0.3 is 0 Å². The summed E-state index contributed by atoms with van der Waals surface area (Å²) in [6.45, 7) is 3.08. The highest BCUT2D eigenvalue weighted by atomic mass is 15.0. The first-order chi connectivity index (χ1) is 9.34. The fraction of sp³-hybridized carbons (Fsp3) is 0.111. The largest absolute Gasteiger partial charge is 0.340 e. The molecule has 0 saturated carbocycles. The van der Waals surface area contributed by atoms with Crippen LogP contribution in [0.2, 0.25) is 0 Å². The molecule has 19 heavy (non-hydrogen) atoms. The lowest BCUT2D eigenvalue weighted by Gasteiger charge is -2.12. The van der Waals surface area contributed by atoms with E-state index in [0.717, 1.165) is 6.54 Å². The van der Waals surface area contributed by atoms with Crippen LogP contribution in [0.15, 0.2) is 72.8 Å². The zero-order valence-electron chi connectivity index (χ0n) is 11.1. The van der Waals surface area contributed by atoms with E-state index in [1.165, 1.54) is 22.5 Å². The number of benzene rings is 2. The van der Waals surface area contributed by atoms with E-state index in [1.807, 2.05) is 0 Å². The van der Waals surface area contributed by atoms with Crippen molar-refractivity contribution in [1.29, 1.82) is 0 Å². The molecule has 0 atom stereocenters. The molecule has 3 aromatic rings. The SMILES string of the molecule is Cc1ccc(-c2ccccc2)n1Cc1ccccc1. The van der Waals surface area contributed by atoms with Gasteiger partial charge in [-0.1, -0.05) is 60.7 Å². The van der Waals surface area contributed by atoms with E-state index in [0.29, 0.717) is 0 Å². The fourth-order valence-electron chi connectivity index (χ4n) is 2.41. The monoisotopic (exact) mass is 247 g/mol. The van der Waals surface area contributed by atoms with E-state index in [9.17, 15) is 0 Å². The molecule has 0 bridgehead atoms. The molecule has 3 rings (SSSR count). The number of aryl methyl sites for hydroxylation is 1. The molecule has 0 fully saturated rings. The van der Waals surface area contributed by atoms with Gasteiger partial charge < -0.3 is 4.57 Å². The second-order valence-electron chi connectivity index (χ2n) is 4.80. The molecule has 0 N–H and O–H groups in total. The third-order valence-electron chi connectivity index (χ3n) is 3.45.